The number of carboxylic acid groups (broad SMARTS) is 2. The number of rotatable bonds is 5. The first-order valence-electron chi connectivity index (χ1n) is 9.69. The number of nitrogens with two attached hydrogens (primary N) is 1. The Kier molecular flexibility index (Phi) is 5.17. The molecule has 4 unspecified atom stereocenters. The van der Waals surface area contributed by atoms with E-state index in [1.165, 1.54) is 19.2 Å². The largest absolute Gasteiger partial charge is 0.481 e. The molecule has 1 saturated heterocycles. The second kappa shape index (κ2) is 7.72. The van der Waals surface area contributed by atoms with Crippen LogP contribution in [0.25, 0.3) is 10.8 Å². The number of likely N-dealkylation sites (tertiary alicyclic amines) is 1. The molecule has 0 radical (unpaired) electrons. The van der Waals surface area contributed by atoms with Crippen LogP contribution in [0.3, 0.4) is 0 Å². The van der Waals surface area contributed by atoms with E-state index in [9.17, 15) is 29.4 Å². The molecule has 0 spiro atoms. The zero-order chi connectivity index (χ0) is 23.2. The minimum atomic E-state index is -2.58. The van der Waals surface area contributed by atoms with Gasteiger partial charge in [-0.3, -0.25) is 14.4 Å². The fourth-order valence-corrected chi connectivity index (χ4v) is 5.47. The Balaban J connectivity index is 2.03. The lowest BCUT2D eigenvalue weighted by Crippen LogP contribution is -2.64. The average molecular weight is 453 g/mol. The van der Waals surface area contributed by atoms with Crippen molar-refractivity contribution >= 4 is 45.9 Å². The van der Waals surface area contributed by atoms with Gasteiger partial charge in [-0.1, -0.05) is 43.3 Å². The van der Waals surface area contributed by atoms with Gasteiger partial charge in [-0.2, -0.15) is 0 Å². The van der Waals surface area contributed by atoms with Crippen LogP contribution in [0.2, 0.25) is 0 Å². The van der Waals surface area contributed by atoms with E-state index in [2.05, 4.69) is 4.98 Å². The maximum atomic E-state index is 13.9. The average Bonchev–Trinajstić information content (AvgIpc) is 3.37. The molecule has 1 aliphatic heterocycles. The Labute approximate surface area is 186 Å². The fraction of sp³-hybridized carbons (Fsp3) is 0.227. The van der Waals surface area contributed by atoms with E-state index in [1.54, 1.807) is 41.8 Å². The van der Waals surface area contributed by atoms with E-state index in [4.69, 9.17) is 5.73 Å². The topological polar surface area (TPSA) is 151 Å². The third-order valence-electron chi connectivity index (χ3n) is 6.13. The van der Waals surface area contributed by atoms with Gasteiger partial charge < -0.3 is 20.8 Å². The lowest BCUT2D eigenvalue weighted by molar-refractivity contribution is -0.157. The predicted octanol–water partition coefficient (Wildman–Crippen LogP) is 2.14. The highest BCUT2D eigenvalue weighted by Crippen LogP contribution is 2.52. The van der Waals surface area contributed by atoms with Crippen molar-refractivity contribution in [2.45, 2.75) is 18.5 Å². The van der Waals surface area contributed by atoms with E-state index in [-0.39, 0.29) is 10.6 Å². The van der Waals surface area contributed by atoms with Gasteiger partial charge in [0, 0.05) is 23.1 Å². The number of benzene rings is 2. The van der Waals surface area contributed by atoms with Crippen molar-refractivity contribution in [3.8, 4) is 0 Å². The van der Waals surface area contributed by atoms with Crippen LogP contribution in [0.4, 0.5) is 0 Å². The van der Waals surface area contributed by atoms with Crippen LogP contribution in [-0.4, -0.2) is 49.4 Å². The number of hydrogen-bond acceptors (Lipinski definition) is 6. The van der Waals surface area contributed by atoms with Crippen LogP contribution in [-0.2, 0) is 14.4 Å². The third-order valence-corrected chi connectivity index (χ3v) is 6.97. The van der Waals surface area contributed by atoms with Crippen molar-refractivity contribution in [2.75, 3.05) is 0 Å². The maximum absolute atomic E-state index is 13.9. The minimum absolute atomic E-state index is 0.134. The summed E-state index contributed by atoms with van der Waals surface area (Å²) in [6.07, 6.45) is 1.43. The molecule has 3 aromatic rings. The third kappa shape index (κ3) is 2.87. The number of hydrogen-bond donors (Lipinski definition) is 3. The van der Waals surface area contributed by atoms with Crippen LogP contribution in [0.15, 0.2) is 54.0 Å². The van der Waals surface area contributed by atoms with Crippen molar-refractivity contribution in [1.29, 1.82) is 0 Å². The molecule has 4 N–H and O–H groups in total. The quantitative estimate of drug-likeness (QED) is 0.501. The van der Waals surface area contributed by atoms with Gasteiger partial charge in [0.25, 0.3) is 11.8 Å². The maximum Gasteiger partial charge on any atom is 0.339 e. The summed E-state index contributed by atoms with van der Waals surface area (Å²) >= 11 is 1.07. The summed E-state index contributed by atoms with van der Waals surface area (Å²) in [7, 11) is 0. The highest BCUT2D eigenvalue weighted by molar-refractivity contribution is 7.09. The molecule has 2 heterocycles. The molecule has 1 fully saturated rings. The number of amides is 2. The molecule has 4 atom stereocenters. The van der Waals surface area contributed by atoms with E-state index in [0.29, 0.717) is 5.39 Å². The molecule has 10 heteroatoms. The SMILES string of the molecule is CC1C(C(=O)O)C(c2nccs2)N(C(=O)c2cccc3ccccc23)C1(C(N)=O)C(=O)O. The molecular weight excluding hydrogens is 434 g/mol. The summed E-state index contributed by atoms with van der Waals surface area (Å²) in [5.41, 5.74) is 3.16. The van der Waals surface area contributed by atoms with Gasteiger partial charge in [-0.25, -0.2) is 9.78 Å². The molecule has 32 heavy (non-hydrogen) atoms. The smallest absolute Gasteiger partial charge is 0.339 e. The van der Waals surface area contributed by atoms with Gasteiger partial charge in [0.2, 0.25) is 5.54 Å². The van der Waals surface area contributed by atoms with Gasteiger partial charge >= 0.3 is 11.9 Å². The summed E-state index contributed by atoms with van der Waals surface area (Å²) in [4.78, 5) is 56.5. The van der Waals surface area contributed by atoms with Crippen LogP contribution < -0.4 is 5.73 Å². The Morgan fingerprint density at radius 3 is 2.38 bits per heavy atom. The number of carboxylic acids is 2. The second-order valence-electron chi connectivity index (χ2n) is 7.61. The van der Waals surface area contributed by atoms with Crippen LogP contribution in [0, 0.1) is 11.8 Å². The fourth-order valence-electron chi connectivity index (χ4n) is 4.70. The second-order valence-corrected chi connectivity index (χ2v) is 8.53. The van der Waals surface area contributed by atoms with Crippen molar-refractivity contribution in [2.24, 2.45) is 17.6 Å². The lowest BCUT2D eigenvalue weighted by atomic mass is 9.79. The van der Waals surface area contributed by atoms with Gasteiger partial charge in [-0.05, 0) is 16.8 Å². The standard InChI is InChI=1S/C22H19N3O6S/c1-11-15(19(27)28)16(17-24-9-10-32-17)25(22(11,20(23)29)21(30)31)18(26)14-8-4-6-12-5-2-3-7-13(12)14/h2-11,15-16H,1H3,(H2,23,29)(H,27,28)(H,30,31). The van der Waals surface area contributed by atoms with E-state index in [0.717, 1.165) is 21.6 Å². The van der Waals surface area contributed by atoms with Crippen LogP contribution in [0.1, 0.15) is 28.3 Å². The number of carbonyl (C=O) groups is 4. The molecule has 0 saturated carbocycles. The number of carbonyl (C=O) groups excluding carboxylic acids is 2. The molecular formula is C22H19N3O6S. The van der Waals surface area contributed by atoms with Crippen molar-refractivity contribution in [1.82, 2.24) is 9.88 Å². The molecule has 0 bridgehead atoms. The Bertz CT molecular complexity index is 1220. The first-order chi connectivity index (χ1) is 15.2. The molecule has 2 aromatic carbocycles. The first kappa shape index (κ1) is 21.4. The van der Waals surface area contributed by atoms with E-state index >= 15 is 0 Å². The van der Waals surface area contributed by atoms with Crippen LogP contribution in [0.5, 0.6) is 0 Å². The summed E-state index contributed by atoms with van der Waals surface area (Å²) in [6, 6.07) is 10.6. The number of nitrogens with zero attached hydrogens (tertiary/aromatic N) is 2. The molecule has 1 aromatic heterocycles. The summed E-state index contributed by atoms with van der Waals surface area (Å²) in [5, 5.41) is 23.2. The van der Waals surface area contributed by atoms with Gasteiger partial charge in [0.05, 0.1) is 12.0 Å². The monoisotopic (exact) mass is 453 g/mol. The van der Waals surface area contributed by atoms with E-state index < -0.39 is 47.2 Å². The van der Waals surface area contributed by atoms with Crippen molar-refractivity contribution in [3.63, 3.8) is 0 Å². The zero-order valence-electron chi connectivity index (χ0n) is 16.8. The first-order valence-corrected chi connectivity index (χ1v) is 10.6. The number of primary amides is 1. The number of fused-ring (bicyclic) bond motifs is 1. The molecule has 0 aliphatic carbocycles. The lowest BCUT2D eigenvalue weighted by Gasteiger charge is -2.36. The highest BCUT2D eigenvalue weighted by Gasteiger charge is 2.69. The van der Waals surface area contributed by atoms with Crippen molar-refractivity contribution in [3.05, 3.63) is 64.6 Å². The van der Waals surface area contributed by atoms with E-state index in [1.807, 2.05) is 0 Å². The summed E-state index contributed by atoms with van der Waals surface area (Å²) in [5.74, 6) is -7.88. The molecule has 164 valence electrons. The minimum Gasteiger partial charge on any atom is -0.481 e. The Morgan fingerprint density at radius 2 is 1.78 bits per heavy atom. The normalized spacial score (nSPS) is 25.0. The molecule has 2 amide bonds. The van der Waals surface area contributed by atoms with Gasteiger partial charge in [0.1, 0.15) is 5.01 Å². The number of thiazole rings is 1. The summed E-state index contributed by atoms with van der Waals surface area (Å²) < 4.78 is 0. The van der Waals surface area contributed by atoms with Gasteiger partial charge in [0.15, 0.2) is 0 Å². The van der Waals surface area contributed by atoms with Gasteiger partial charge in [-0.15, -0.1) is 11.3 Å². The zero-order valence-corrected chi connectivity index (χ0v) is 17.7. The van der Waals surface area contributed by atoms with Crippen LogP contribution >= 0.6 is 11.3 Å². The Hall–Kier alpha value is -3.79. The summed E-state index contributed by atoms with van der Waals surface area (Å²) in [6.45, 7) is 1.31. The number of aromatic nitrogens is 1. The number of aliphatic carboxylic acids is 2. The molecule has 9 nitrogen and oxygen atoms in total. The Morgan fingerprint density at radius 1 is 1.09 bits per heavy atom. The predicted molar refractivity (Wildman–Crippen MR) is 115 cm³/mol. The van der Waals surface area contributed by atoms with Crippen molar-refractivity contribution < 1.29 is 29.4 Å². The highest BCUT2D eigenvalue weighted by atomic mass is 32.1. The molecule has 4 rings (SSSR count). The molecule has 1 aliphatic rings.